The fourth-order valence-corrected chi connectivity index (χ4v) is 8.67. The van der Waals surface area contributed by atoms with Crippen molar-refractivity contribution in [2.75, 3.05) is 0 Å². The minimum Gasteiger partial charge on any atom is -0.411 e. The first-order chi connectivity index (χ1) is 13.8. The summed E-state index contributed by atoms with van der Waals surface area (Å²) >= 11 is 0. The molecule has 4 rings (SSSR count). The molecule has 0 heterocycles. The van der Waals surface area contributed by atoms with Crippen molar-refractivity contribution in [3.63, 3.8) is 0 Å². The number of nitrogens with zero attached hydrogens (tertiary/aromatic N) is 1. The molecule has 2 heteroatoms. The topological polar surface area (TPSA) is 32.6 Å². The molecule has 0 bridgehead atoms. The summed E-state index contributed by atoms with van der Waals surface area (Å²) in [5, 5.41) is 12.8. The van der Waals surface area contributed by atoms with Crippen LogP contribution in [0, 0.1) is 46.3 Å². The highest BCUT2D eigenvalue weighted by Crippen LogP contribution is 2.67. The third-order valence-electron chi connectivity index (χ3n) is 10.3. The van der Waals surface area contributed by atoms with E-state index in [2.05, 4.69) is 45.9 Å². The summed E-state index contributed by atoms with van der Waals surface area (Å²) in [6, 6.07) is 0. The molecule has 0 aromatic carbocycles. The first kappa shape index (κ1) is 21.4. The molecule has 0 saturated heterocycles. The van der Waals surface area contributed by atoms with E-state index in [0.29, 0.717) is 10.8 Å². The van der Waals surface area contributed by atoms with Gasteiger partial charge in [0.05, 0.1) is 5.71 Å². The number of oxime groups is 1. The van der Waals surface area contributed by atoms with E-state index in [0.717, 1.165) is 47.6 Å². The molecule has 29 heavy (non-hydrogen) atoms. The van der Waals surface area contributed by atoms with E-state index in [1.807, 2.05) is 0 Å². The molecule has 3 saturated carbocycles. The molecule has 0 radical (unpaired) electrons. The Kier molecular flexibility index (Phi) is 5.95. The monoisotopic (exact) mass is 399 g/mol. The number of hydrogen-bond acceptors (Lipinski definition) is 2. The highest BCUT2D eigenvalue weighted by Gasteiger charge is 2.59. The SMILES string of the molecule is CC(C)CCC[C@@H](C)[C@H]1CC[C@@H]2[C@@H]3CCC4=C/C(=N\O)CC[C@]4(C)[C@@H]3CC[C@@]21C. The van der Waals surface area contributed by atoms with Crippen LogP contribution < -0.4 is 0 Å². The van der Waals surface area contributed by atoms with Gasteiger partial charge in [0, 0.05) is 0 Å². The molecule has 164 valence electrons. The minimum absolute atomic E-state index is 0.361. The Morgan fingerprint density at radius 1 is 1.00 bits per heavy atom. The van der Waals surface area contributed by atoms with E-state index in [1.165, 1.54) is 64.2 Å². The van der Waals surface area contributed by atoms with Crippen LogP contribution in [0.3, 0.4) is 0 Å². The van der Waals surface area contributed by atoms with Crippen molar-refractivity contribution in [3.8, 4) is 0 Å². The first-order valence-electron chi connectivity index (χ1n) is 12.7. The Labute approximate surface area is 179 Å². The van der Waals surface area contributed by atoms with Gasteiger partial charge in [-0.05, 0) is 104 Å². The zero-order chi connectivity index (χ0) is 20.8. The maximum atomic E-state index is 9.27. The van der Waals surface area contributed by atoms with Gasteiger partial charge in [0.1, 0.15) is 0 Å². The van der Waals surface area contributed by atoms with E-state index in [9.17, 15) is 5.21 Å². The van der Waals surface area contributed by atoms with Crippen LogP contribution >= 0.6 is 0 Å². The lowest BCUT2D eigenvalue weighted by Crippen LogP contribution is -2.51. The molecular formula is C27H45NO. The number of fused-ring (bicyclic) bond motifs is 5. The van der Waals surface area contributed by atoms with Gasteiger partial charge in [-0.3, -0.25) is 0 Å². The molecule has 0 unspecified atom stereocenters. The smallest absolute Gasteiger partial charge is 0.0795 e. The fraction of sp³-hybridized carbons (Fsp3) is 0.889. The molecule has 3 fully saturated rings. The second-order valence-electron chi connectivity index (χ2n) is 12.1. The molecule has 0 aliphatic heterocycles. The average molecular weight is 400 g/mol. The van der Waals surface area contributed by atoms with Crippen LogP contribution in [0.5, 0.6) is 0 Å². The van der Waals surface area contributed by atoms with Crippen molar-refractivity contribution < 1.29 is 5.21 Å². The summed E-state index contributed by atoms with van der Waals surface area (Å²) < 4.78 is 0. The summed E-state index contributed by atoms with van der Waals surface area (Å²) in [6.07, 6.45) is 17.1. The van der Waals surface area contributed by atoms with Crippen molar-refractivity contribution in [2.45, 2.75) is 105 Å². The first-order valence-corrected chi connectivity index (χ1v) is 12.7. The standard InChI is InChI=1S/C27H45NO/c1-18(2)7-6-8-19(3)23-11-12-24-22-10-9-20-17-21(28-29)13-15-26(20,4)25(22)14-16-27(23,24)5/h17-19,22-25,29H,6-16H2,1-5H3/b28-21-/t19-,22+,23-,24-,25-,26+,27-/m1/s1. The molecule has 0 amide bonds. The van der Waals surface area contributed by atoms with Crippen LogP contribution in [-0.4, -0.2) is 10.9 Å². The molecule has 1 N–H and O–H groups in total. The van der Waals surface area contributed by atoms with Gasteiger partial charge < -0.3 is 5.21 Å². The molecule has 4 aliphatic carbocycles. The van der Waals surface area contributed by atoms with Crippen molar-refractivity contribution in [1.29, 1.82) is 0 Å². The molecule has 7 atom stereocenters. The van der Waals surface area contributed by atoms with Gasteiger partial charge in [0.2, 0.25) is 0 Å². The molecule has 0 aromatic rings. The average Bonchev–Trinajstić information content (AvgIpc) is 3.04. The van der Waals surface area contributed by atoms with Gasteiger partial charge in [-0.15, -0.1) is 0 Å². The van der Waals surface area contributed by atoms with Gasteiger partial charge in [-0.1, -0.05) is 64.6 Å². The lowest BCUT2D eigenvalue weighted by molar-refractivity contribution is -0.0574. The predicted molar refractivity (Wildman–Crippen MR) is 122 cm³/mol. The maximum Gasteiger partial charge on any atom is 0.0795 e. The number of allylic oxidation sites excluding steroid dienone is 2. The quantitative estimate of drug-likeness (QED) is 0.370. The van der Waals surface area contributed by atoms with Crippen molar-refractivity contribution in [1.82, 2.24) is 0 Å². The Balaban J connectivity index is 1.49. The second-order valence-corrected chi connectivity index (χ2v) is 12.1. The lowest BCUT2D eigenvalue weighted by Gasteiger charge is -2.58. The zero-order valence-electron chi connectivity index (χ0n) is 19.7. The van der Waals surface area contributed by atoms with Crippen LogP contribution in [0.25, 0.3) is 0 Å². The van der Waals surface area contributed by atoms with Crippen LogP contribution in [0.2, 0.25) is 0 Å². The van der Waals surface area contributed by atoms with Crippen molar-refractivity contribution in [3.05, 3.63) is 11.6 Å². The van der Waals surface area contributed by atoms with E-state index in [4.69, 9.17) is 0 Å². The van der Waals surface area contributed by atoms with Crippen LogP contribution in [0.4, 0.5) is 0 Å². The molecular weight excluding hydrogens is 354 g/mol. The van der Waals surface area contributed by atoms with Gasteiger partial charge >= 0.3 is 0 Å². The van der Waals surface area contributed by atoms with Gasteiger partial charge in [0.25, 0.3) is 0 Å². The lowest BCUT2D eigenvalue weighted by atomic mass is 9.46. The minimum atomic E-state index is 0.361. The maximum absolute atomic E-state index is 9.27. The normalized spacial score (nSPS) is 44.2. The number of hydrogen-bond donors (Lipinski definition) is 1. The van der Waals surface area contributed by atoms with E-state index >= 15 is 0 Å². The Hall–Kier alpha value is -0.790. The van der Waals surface area contributed by atoms with Crippen molar-refractivity contribution >= 4 is 5.71 Å². The third-order valence-corrected chi connectivity index (χ3v) is 10.3. The molecule has 0 spiro atoms. The van der Waals surface area contributed by atoms with Crippen LogP contribution in [0.1, 0.15) is 105 Å². The fourth-order valence-electron chi connectivity index (χ4n) is 8.67. The summed E-state index contributed by atoms with van der Waals surface area (Å²) in [6.45, 7) is 12.5. The van der Waals surface area contributed by atoms with Crippen molar-refractivity contribution in [2.24, 2.45) is 51.5 Å². The van der Waals surface area contributed by atoms with Gasteiger partial charge in [-0.2, -0.15) is 0 Å². The van der Waals surface area contributed by atoms with Gasteiger partial charge in [0.15, 0.2) is 0 Å². The van der Waals surface area contributed by atoms with E-state index in [-0.39, 0.29) is 0 Å². The third kappa shape index (κ3) is 3.61. The number of rotatable bonds is 5. The zero-order valence-corrected chi connectivity index (χ0v) is 19.7. The summed E-state index contributed by atoms with van der Waals surface area (Å²) in [7, 11) is 0. The summed E-state index contributed by atoms with van der Waals surface area (Å²) in [4.78, 5) is 0. The molecule has 2 nitrogen and oxygen atoms in total. The summed E-state index contributed by atoms with van der Waals surface area (Å²) in [5.41, 5.74) is 3.45. The van der Waals surface area contributed by atoms with Gasteiger partial charge in [-0.25, -0.2) is 0 Å². The van der Waals surface area contributed by atoms with E-state index in [1.54, 1.807) is 5.57 Å². The van der Waals surface area contributed by atoms with Crippen LogP contribution in [-0.2, 0) is 0 Å². The summed E-state index contributed by atoms with van der Waals surface area (Å²) in [5.74, 6) is 5.43. The highest BCUT2D eigenvalue weighted by molar-refractivity contribution is 5.96. The Bertz CT molecular complexity index is 663. The van der Waals surface area contributed by atoms with Crippen LogP contribution in [0.15, 0.2) is 16.8 Å². The Morgan fingerprint density at radius 3 is 2.52 bits per heavy atom. The largest absolute Gasteiger partial charge is 0.411 e. The highest BCUT2D eigenvalue weighted by atomic mass is 16.4. The molecule has 4 aliphatic rings. The Morgan fingerprint density at radius 2 is 1.79 bits per heavy atom. The predicted octanol–water partition coefficient (Wildman–Crippen LogP) is 7.86. The second kappa shape index (κ2) is 8.04. The molecule has 0 aromatic heterocycles. The van der Waals surface area contributed by atoms with E-state index < -0.39 is 0 Å².